The summed E-state index contributed by atoms with van der Waals surface area (Å²) < 4.78 is 0. The third-order valence-corrected chi connectivity index (χ3v) is 5.93. The van der Waals surface area contributed by atoms with Gasteiger partial charge in [-0.15, -0.1) is 0 Å². The molecule has 0 radical (unpaired) electrons. The fraction of sp³-hybridized carbons (Fsp3) is 0.333. The molecule has 0 spiro atoms. The van der Waals surface area contributed by atoms with Crippen LogP contribution in [0.3, 0.4) is 0 Å². The monoisotopic (exact) mass is 393 g/mol. The van der Waals surface area contributed by atoms with Crippen LogP contribution < -0.4 is 4.90 Å². The largest absolute Gasteiger partial charge is 0.338 e. The van der Waals surface area contributed by atoms with Crippen molar-refractivity contribution in [3.63, 3.8) is 0 Å². The zero-order chi connectivity index (χ0) is 19.5. The van der Waals surface area contributed by atoms with Crippen LogP contribution in [0.15, 0.2) is 47.8 Å². The Morgan fingerprint density at radius 3 is 2.54 bits per heavy atom. The number of fused-ring (bicyclic) bond motifs is 1. The van der Waals surface area contributed by atoms with Crippen molar-refractivity contribution in [3.05, 3.63) is 53.9 Å². The molecule has 0 saturated carbocycles. The maximum atomic E-state index is 12.7. The maximum absolute atomic E-state index is 12.7. The van der Waals surface area contributed by atoms with Gasteiger partial charge in [-0.05, 0) is 37.1 Å². The Hall–Kier alpha value is -2.67. The molecule has 7 heteroatoms. The van der Waals surface area contributed by atoms with E-state index in [0.29, 0.717) is 18.8 Å². The van der Waals surface area contributed by atoms with Crippen LogP contribution >= 0.6 is 11.8 Å². The van der Waals surface area contributed by atoms with Crippen molar-refractivity contribution in [2.75, 3.05) is 36.8 Å². The van der Waals surface area contributed by atoms with Gasteiger partial charge in [0.1, 0.15) is 0 Å². The van der Waals surface area contributed by atoms with Gasteiger partial charge in [-0.2, -0.15) is 0 Å². The van der Waals surface area contributed by atoms with Crippen molar-refractivity contribution in [1.82, 2.24) is 19.9 Å². The van der Waals surface area contributed by atoms with Crippen molar-refractivity contribution in [3.8, 4) is 0 Å². The molecule has 1 fully saturated rings. The number of carbonyl (C=O) groups is 1. The Balaban J connectivity index is 1.36. The predicted molar refractivity (Wildman–Crippen MR) is 113 cm³/mol. The summed E-state index contributed by atoms with van der Waals surface area (Å²) in [4.78, 5) is 30.0. The van der Waals surface area contributed by atoms with Gasteiger partial charge in [0.25, 0.3) is 0 Å². The Kier molecular flexibility index (Phi) is 5.43. The second-order valence-corrected chi connectivity index (χ2v) is 7.95. The average molecular weight is 394 g/mol. The van der Waals surface area contributed by atoms with Crippen LogP contribution in [0.1, 0.15) is 11.1 Å². The number of aromatic nitrogens is 3. The van der Waals surface area contributed by atoms with Crippen LogP contribution in [0.5, 0.6) is 0 Å². The quantitative estimate of drug-likeness (QED) is 0.635. The van der Waals surface area contributed by atoms with Gasteiger partial charge >= 0.3 is 0 Å². The summed E-state index contributed by atoms with van der Waals surface area (Å²) in [6.45, 7) is 7.08. The van der Waals surface area contributed by atoms with Gasteiger partial charge in [0.2, 0.25) is 11.9 Å². The van der Waals surface area contributed by atoms with E-state index in [0.717, 1.165) is 35.1 Å². The van der Waals surface area contributed by atoms with Gasteiger partial charge < -0.3 is 9.80 Å². The van der Waals surface area contributed by atoms with Gasteiger partial charge in [-0.25, -0.2) is 15.0 Å². The maximum Gasteiger partial charge on any atom is 0.233 e. The van der Waals surface area contributed by atoms with Gasteiger partial charge in [-0.1, -0.05) is 30.0 Å². The molecular weight excluding hydrogens is 370 g/mol. The molecule has 1 aliphatic heterocycles. The minimum atomic E-state index is 0.156. The molecule has 3 heterocycles. The van der Waals surface area contributed by atoms with Crippen LogP contribution in [0.2, 0.25) is 0 Å². The molecule has 0 atom stereocenters. The summed E-state index contributed by atoms with van der Waals surface area (Å²) in [7, 11) is 0. The fourth-order valence-electron chi connectivity index (χ4n) is 3.44. The van der Waals surface area contributed by atoms with Crippen molar-refractivity contribution in [2.45, 2.75) is 18.9 Å². The number of hydrogen-bond acceptors (Lipinski definition) is 6. The highest BCUT2D eigenvalue weighted by molar-refractivity contribution is 7.99. The van der Waals surface area contributed by atoms with E-state index in [4.69, 9.17) is 4.98 Å². The van der Waals surface area contributed by atoms with Crippen molar-refractivity contribution in [1.29, 1.82) is 0 Å². The van der Waals surface area contributed by atoms with Crippen LogP contribution in [-0.4, -0.2) is 57.7 Å². The van der Waals surface area contributed by atoms with E-state index < -0.39 is 0 Å². The third-order valence-electron chi connectivity index (χ3n) is 5.04. The summed E-state index contributed by atoms with van der Waals surface area (Å²) in [6.07, 6.45) is 3.49. The zero-order valence-electron chi connectivity index (χ0n) is 16.1. The van der Waals surface area contributed by atoms with Crippen LogP contribution in [0, 0.1) is 13.8 Å². The SMILES string of the molecule is Cc1cc(SCC(=O)N2CCN(c3ncccn3)CC2)nc2c(C)cccc12. The lowest BCUT2D eigenvalue weighted by Crippen LogP contribution is -2.49. The second-order valence-electron chi connectivity index (χ2n) is 6.95. The molecule has 2 aromatic heterocycles. The first-order chi connectivity index (χ1) is 13.6. The van der Waals surface area contributed by atoms with Crippen LogP contribution in [0.25, 0.3) is 10.9 Å². The third kappa shape index (κ3) is 3.94. The van der Waals surface area contributed by atoms with Crippen LogP contribution in [-0.2, 0) is 4.79 Å². The van der Waals surface area contributed by atoms with Crippen molar-refractivity contribution < 1.29 is 4.79 Å². The number of amides is 1. The summed E-state index contributed by atoms with van der Waals surface area (Å²) in [5.41, 5.74) is 3.38. The summed E-state index contributed by atoms with van der Waals surface area (Å²) in [5.74, 6) is 1.30. The molecule has 144 valence electrons. The van der Waals surface area contributed by atoms with Crippen LogP contribution in [0.4, 0.5) is 5.95 Å². The first kappa shape index (κ1) is 18.7. The highest BCUT2D eigenvalue weighted by Gasteiger charge is 2.22. The number of benzene rings is 1. The summed E-state index contributed by atoms with van der Waals surface area (Å²) in [5, 5.41) is 2.08. The van der Waals surface area contributed by atoms with E-state index in [1.165, 1.54) is 22.7 Å². The molecule has 6 nitrogen and oxygen atoms in total. The molecule has 0 unspecified atom stereocenters. The molecule has 1 saturated heterocycles. The molecular formula is C21H23N5OS. The average Bonchev–Trinajstić information content (AvgIpc) is 2.73. The Bertz CT molecular complexity index is 987. The Morgan fingerprint density at radius 2 is 1.79 bits per heavy atom. The van der Waals surface area contributed by atoms with E-state index in [2.05, 4.69) is 53.0 Å². The molecule has 1 aromatic carbocycles. The number of pyridine rings is 1. The van der Waals surface area contributed by atoms with E-state index >= 15 is 0 Å². The van der Waals surface area contributed by atoms with Gasteiger partial charge in [0.15, 0.2) is 0 Å². The number of rotatable bonds is 4. The molecule has 0 N–H and O–H groups in total. The topological polar surface area (TPSA) is 62.2 Å². The normalized spacial score (nSPS) is 14.5. The molecule has 1 amide bonds. The molecule has 1 aliphatic rings. The first-order valence-corrected chi connectivity index (χ1v) is 10.4. The molecule has 0 bridgehead atoms. The first-order valence-electron chi connectivity index (χ1n) is 9.41. The lowest BCUT2D eigenvalue weighted by atomic mass is 10.1. The van der Waals surface area contributed by atoms with Gasteiger partial charge in [0, 0.05) is 44.0 Å². The van der Waals surface area contributed by atoms with E-state index in [1.807, 2.05) is 11.0 Å². The fourth-order valence-corrected chi connectivity index (χ4v) is 4.31. The highest BCUT2D eigenvalue weighted by Crippen LogP contribution is 2.26. The van der Waals surface area contributed by atoms with Gasteiger partial charge in [-0.3, -0.25) is 4.79 Å². The zero-order valence-corrected chi connectivity index (χ0v) is 16.9. The number of piperazine rings is 1. The smallest absolute Gasteiger partial charge is 0.233 e. The highest BCUT2D eigenvalue weighted by atomic mass is 32.2. The Labute approximate surface area is 169 Å². The Morgan fingerprint density at radius 1 is 1.04 bits per heavy atom. The standard InChI is InChI=1S/C21H23N5OS/c1-15-5-3-6-17-16(2)13-18(24-20(15)17)28-14-19(27)25-9-11-26(12-10-25)21-22-7-4-8-23-21/h3-8,13H,9-12,14H2,1-2H3. The van der Waals surface area contributed by atoms with E-state index in [-0.39, 0.29) is 5.91 Å². The molecule has 4 rings (SSSR count). The number of para-hydroxylation sites is 1. The number of nitrogens with zero attached hydrogens (tertiary/aromatic N) is 5. The summed E-state index contributed by atoms with van der Waals surface area (Å²) in [6, 6.07) is 10.1. The second kappa shape index (κ2) is 8.14. The summed E-state index contributed by atoms with van der Waals surface area (Å²) >= 11 is 1.52. The number of thioether (sulfide) groups is 1. The van der Waals surface area contributed by atoms with E-state index in [9.17, 15) is 4.79 Å². The molecule has 0 aliphatic carbocycles. The predicted octanol–water partition coefficient (Wildman–Crippen LogP) is 3.08. The van der Waals surface area contributed by atoms with Crippen molar-refractivity contribution in [2.24, 2.45) is 0 Å². The lowest BCUT2D eigenvalue weighted by Gasteiger charge is -2.34. The lowest BCUT2D eigenvalue weighted by molar-refractivity contribution is -0.128. The van der Waals surface area contributed by atoms with E-state index in [1.54, 1.807) is 12.4 Å². The minimum Gasteiger partial charge on any atom is -0.338 e. The molecule has 3 aromatic rings. The van der Waals surface area contributed by atoms with Gasteiger partial charge in [0.05, 0.1) is 16.3 Å². The number of hydrogen-bond donors (Lipinski definition) is 0. The number of carbonyl (C=O) groups excluding carboxylic acids is 1. The minimum absolute atomic E-state index is 0.156. The number of anilines is 1. The molecule has 28 heavy (non-hydrogen) atoms. The van der Waals surface area contributed by atoms with Crippen molar-refractivity contribution >= 4 is 34.5 Å². The number of aryl methyl sites for hydroxylation is 2.